The van der Waals surface area contributed by atoms with Gasteiger partial charge in [0.05, 0.1) is 30.5 Å². The fourth-order valence-electron chi connectivity index (χ4n) is 5.30. The van der Waals surface area contributed by atoms with Crippen LogP contribution in [0.2, 0.25) is 5.02 Å². The lowest BCUT2D eigenvalue weighted by Crippen LogP contribution is -2.32. The second-order valence-electron chi connectivity index (χ2n) is 8.89. The summed E-state index contributed by atoms with van der Waals surface area (Å²) in [6.45, 7) is 5.54. The third-order valence-electron chi connectivity index (χ3n) is 6.79. The largest absolute Gasteiger partial charge is 0.493 e. The highest BCUT2D eigenvalue weighted by Gasteiger charge is 2.36. The molecule has 5 rings (SSSR count). The number of rotatable bonds is 6. The molecular formula is C31H29ClN2O2. The lowest BCUT2D eigenvalue weighted by atomic mass is 9.97. The molecule has 1 saturated heterocycles. The third kappa shape index (κ3) is 4.36. The van der Waals surface area contributed by atoms with Gasteiger partial charge >= 0.3 is 0 Å². The van der Waals surface area contributed by atoms with E-state index in [2.05, 4.69) is 46.7 Å². The first-order chi connectivity index (χ1) is 17.6. The second kappa shape index (κ2) is 10.5. The van der Waals surface area contributed by atoms with E-state index < -0.39 is 0 Å². The van der Waals surface area contributed by atoms with Crippen molar-refractivity contribution in [3.8, 4) is 28.7 Å². The van der Waals surface area contributed by atoms with E-state index in [1.165, 1.54) is 0 Å². The van der Waals surface area contributed by atoms with E-state index in [0.29, 0.717) is 36.0 Å². The predicted octanol–water partition coefficient (Wildman–Crippen LogP) is 7.36. The van der Waals surface area contributed by atoms with Crippen LogP contribution in [-0.4, -0.2) is 28.5 Å². The normalized spacial score (nSPS) is 15.1. The van der Waals surface area contributed by atoms with Crippen molar-refractivity contribution in [1.82, 2.24) is 9.47 Å². The Morgan fingerprint density at radius 2 is 1.86 bits per heavy atom. The van der Waals surface area contributed by atoms with Gasteiger partial charge in [0.1, 0.15) is 5.75 Å². The topological polar surface area (TPSA) is 34.5 Å². The molecule has 4 nitrogen and oxygen atoms in total. The fraction of sp³-hybridized carbons (Fsp3) is 0.258. The fourth-order valence-corrected chi connectivity index (χ4v) is 5.48. The molecule has 36 heavy (non-hydrogen) atoms. The zero-order valence-corrected chi connectivity index (χ0v) is 21.4. The van der Waals surface area contributed by atoms with E-state index in [9.17, 15) is 4.79 Å². The average molecular weight is 497 g/mol. The summed E-state index contributed by atoms with van der Waals surface area (Å²) in [6.07, 6.45) is 1.81. The lowest BCUT2D eigenvalue weighted by molar-refractivity contribution is 0.0727. The van der Waals surface area contributed by atoms with Gasteiger partial charge < -0.3 is 14.2 Å². The standard InChI is InChI=1S/C31H29ClN2O2/c1-3-5-19-33-26-18-17-23(32)21-25(26)29(22-12-7-6-8-13-22)30(33)27-15-11-20-34(27)31(35)24-14-9-10-16-28(24)36-4-2/h6-10,12-14,16-18,21,27H,4,11,15,19-20H2,1-2H3. The van der Waals surface area contributed by atoms with Crippen molar-refractivity contribution in [2.75, 3.05) is 13.2 Å². The van der Waals surface area contributed by atoms with Gasteiger partial charge in [-0.15, -0.1) is 5.92 Å². The minimum absolute atomic E-state index is 0.00280. The van der Waals surface area contributed by atoms with Crippen molar-refractivity contribution in [2.45, 2.75) is 39.3 Å². The number of ether oxygens (including phenoxy) is 1. The zero-order valence-electron chi connectivity index (χ0n) is 20.6. The maximum atomic E-state index is 14.0. The molecule has 1 aliphatic rings. The van der Waals surface area contributed by atoms with Crippen LogP contribution < -0.4 is 4.74 Å². The van der Waals surface area contributed by atoms with Gasteiger partial charge in [0, 0.05) is 28.0 Å². The molecule has 1 amide bonds. The SMILES string of the molecule is CC#CCn1c(C2CCCN2C(=O)c2ccccc2OCC)c(-c2ccccc2)c2cc(Cl)ccc21. The molecule has 0 aliphatic carbocycles. The summed E-state index contributed by atoms with van der Waals surface area (Å²) >= 11 is 6.49. The number of amides is 1. The monoisotopic (exact) mass is 496 g/mol. The summed E-state index contributed by atoms with van der Waals surface area (Å²) in [7, 11) is 0. The van der Waals surface area contributed by atoms with Gasteiger partial charge in [0.2, 0.25) is 0 Å². The van der Waals surface area contributed by atoms with Gasteiger partial charge in [0.15, 0.2) is 0 Å². The molecule has 4 aromatic rings. The molecule has 0 bridgehead atoms. The number of hydrogen-bond acceptors (Lipinski definition) is 2. The molecule has 2 heterocycles. The highest BCUT2D eigenvalue weighted by molar-refractivity contribution is 6.31. The first-order valence-electron chi connectivity index (χ1n) is 12.4. The highest BCUT2D eigenvalue weighted by atomic mass is 35.5. The van der Waals surface area contributed by atoms with Crippen molar-refractivity contribution < 1.29 is 9.53 Å². The minimum atomic E-state index is -0.0905. The molecule has 1 atom stereocenters. The van der Waals surface area contributed by atoms with Gasteiger partial charge in [0.25, 0.3) is 5.91 Å². The van der Waals surface area contributed by atoms with Crippen LogP contribution in [0.4, 0.5) is 0 Å². The molecule has 0 N–H and O–H groups in total. The van der Waals surface area contributed by atoms with E-state index in [0.717, 1.165) is 40.6 Å². The summed E-state index contributed by atoms with van der Waals surface area (Å²) in [6, 6.07) is 23.8. The van der Waals surface area contributed by atoms with Crippen LogP contribution in [-0.2, 0) is 6.54 Å². The summed E-state index contributed by atoms with van der Waals surface area (Å²) in [5, 5.41) is 1.77. The number of fused-ring (bicyclic) bond motifs is 1. The van der Waals surface area contributed by atoms with Crippen LogP contribution in [0.5, 0.6) is 5.75 Å². The quantitative estimate of drug-likeness (QED) is 0.261. The number of aromatic nitrogens is 1. The molecule has 1 aromatic heterocycles. The lowest BCUT2D eigenvalue weighted by Gasteiger charge is -2.28. The van der Waals surface area contributed by atoms with E-state index in [1.807, 2.05) is 61.2 Å². The van der Waals surface area contributed by atoms with Gasteiger partial charge in [-0.3, -0.25) is 4.79 Å². The van der Waals surface area contributed by atoms with E-state index in [1.54, 1.807) is 0 Å². The molecule has 1 unspecified atom stereocenters. The van der Waals surface area contributed by atoms with Crippen molar-refractivity contribution >= 4 is 28.4 Å². The Kier molecular flexibility index (Phi) is 7.02. The molecule has 182 valence electrons. The Hall–Kier alpha value is -3.68. The minimum Gasteiger partial charge on any atom is -0.493 e. The molecule has 1 aliphatic heterocycles. The van der Waals surface area contributed by atoms with Gasteiger partial charge in [-0.05, 0) is 62.6 Å². The Labute approximate surface area is 217 Å². The predicted molar refractivity (Wildman–Crippen MR) is 146 cm³/mol. The molecular weight excluding hydrogens is 468 g/mol. The number of para-hydroxylation sites is 1. The van der Waals surface area contributed by atoms with E-state index >= 15 is 0 Å². The maximum absolute atomic E-state index is 14.0. The Morgan fingerprint density at radius 3 is 2.64 bits per heavy atom. The number of halogens is 1. The summed E-state index contributed by atoms with van der Waals surface area (Å²) < 4.78 is 8.08. The molecule has 0 spiro atoms. The second-order valence-corrected chi connectivity index (χ2v) is 9.32. The molecule has 0 saturated carbocycles. The van der Waals surface area contributed by atoms with Crippen LogP contribution in [0.15, 0.2) is 72.8 Å². The van der Waals surface area contributed by atoms with Crippen molar-refractivity contribution in [2.24, 2.45) is 0 Å². The first kappa shape index (κ1) is 24.0. The van der Waals surface area contributed by atoms with Gasteiger partial charge in [-0.2, -0.15) is 0 Å². The van der Waals surface area contributed by atoms with Crippen LogP contribution in [0, 0.1) is 11.8 Å². The number of nitrogens with zero attached hydrogens (tertiary/aromatic N) is 2. The first-order valence-corrected chi connectivity index (χ1v) is 12.8. The Bertz CT molecular complexity index is 1460. The number of hydrogen-bond donors (Lipinski definition) is 0. The summed E-state index contributed by atoms with van der Waals surface area (Å²) in [5.74, 6) is 6.93. The molecule has 3 aromatic carbocycles. The number of likely N-dealkylation sites (tertiary alicyclic amines) is 1. The molecule has 0 radical (unpaired) electrons. The van der Waals surface area contributed by atoms with Crippen LogP contribution in [0.3, 0.4) is 0 Å². The van der Waals surface area contributed by atoms with E-state index in [4.69, 9.17) is 16.3 Å². The third-order valence-corrected chi connectivity index (χ3v) is 7.02. The van der Waals surface area contributed by atoms with Crippen molar-refractivity contribution in [1.29, 1.82) is 0 Å². The highest BCUT2D eigenvalue weighted by Crippen LogP contribution is 2.45. The average Bonchev–Trinajstić information content (AvgIpc) is 3.50. The van der Waals surface area contributed by atoms with Crippen molar-refractivity contribution in [3.05, 3.63) is 89.1 Å². The maximum Gasteiger partial charge on any atom is 0.258 e. The van der Waals surface area contributed by atoms with E-state index in [-0.39, 0.29) is 11.9 Å². The summed E-state index contributed by atoms with van der Waals surface area (Å²) in [4.78, 5) is 16.0. The van der Waals surface area contributed by atoms with Gasteiger partial charge in [-0.1, -0.05) is 60.0 Å². The Balaban J connectivity index is 1.72. The van der Waals surface area contributed by atoms with Gasteiger partial charge in [-0.25, -0.2) is 0 Å². The van der Waals surface area contributed by atoms with Crippen LogP contribution in [0.1, 0.15) is 48.8 Å². The Morgan fingerprint density at radius 1 is 1.08 bits per heavy atom. The number of carbonyl (C=O) groups excluding carboxylic acids is 1. The number of carbonyl (C=O) groups is 1. The van der Waals surface area contributed by atoms with Crippen LogP contribution >= 0.6 is 11.6 Å². The summed E-state index contributed by atoms with van der Waals surface area (Å²) in [5.41, 5.74) is 5.02. The van der Waals surface area contributed by atoms with Crippen LogP contribution in [0.25, 0.3) is 22.0 Å². The molecule has 5 heteroatoms. The zero-order chi connectivity index (χ0) is 25.1. The molecule has 1 fully saturated rings. The smallest absolute Gasteiger partial charge is 0.258 e. The number of benzene rings is 3. The van der Waals surface area contributed by atoms with Crippen molar-refractivity contribution in [3.63, 3.8) is 0 Å².